The lowest BCUT2D eigenvalue weighted by atomic mass is 10.1. The minimum Gasteiger partial charge on any atom is -0.508 e. The molecule has 2 atom stereocenters. The Bertz CT molecular complexity index is 633. The van der Waals surface area contributed by atoms with E-state index in [-0.39, 0.29) is 18.5 Å². The topological polar surface area (TPSA) is 52.9 Å². The number of aromatic hydroxyl groups is 1. The van der Waals surface area contributed by atoms with Crippen LogP contribution in [0.1, 0.15) is 24.2 Å². The molecule has 0 heterocycles. The smallest absolute Gasteiger partial charge is 0.120 e. The molecule has 0 saturated heterocycles. The second kappa shape index (κ2) is 9.04. The van der Waals surface area contributed by atoms with Gasteiger partial charge in [0.15, 0.2) is 0 Å². The van der Waals surface area contributed by atoms with Crippen molar-refractivity contribution in [2.24, 2.45) is 0 Å². The number of rotatable bonds is 8. The second-order valence-corrected chi connectivity index (χ2v) is 6.44. The van der Waals surface area contributed by atoms with E-state index in [0.717, 1.165) is 11.1 Å². The van der Waals surface area contributed by atoms with Crippen molar-refractivity contribution in [3.63, 3.8) is 0 Å². The van der Waals surface area contributed by atoms with Crippen LogP contribution in [-0.2, 0) is 11.3 Å². The van der Waals surface area contributed by atoms with Gasteiger partial charge < -0.3 is 14.9 Å². The summed E-state index contributed by atoms with van der Waals surface area (Å²) < 4.78 is 5.74. The van der Waals surface area contributed by atoms with Gasteiger partial charge in [-0.15, -0.1) is 0 Å². The second-order valence-electron chi connectivity index (χ2n) is 6.01. The molecule has 2 rings (SSSR count). The van der Waals surface area contributed by atoms with Crippen LogP contribution in [-0.4, -0.2) is 41.4 Å². The molecule has 2 aromatic rings. The lowest BCUT2D eigenvalue weighted by Crippen LogP contribution is -2.32. The summed E-state index contributed by atoms with van der Waals surface area (Å²) in [5.41, 5.74) is 1.86. The quantitative estimate of drug-likeness (QED) is 0.764. The Morgan fingerprint density at radius 2 is 1.79 bits per heavy atom. The first-order valence-electron chi connectivity index (χ1n) is 7.96. The predicted molar refractivity (Wildman–Crippen MR) is 96.3 cm³/mol. The molecule has 0 aliphatic rings. The Kier molecular flexibility index (Phi) is 7.06. The minimum atomic E-state index is -0.601. The molecule has 0 aliphatic heterocycles. The number of benzene rings is 2. The van der Waals surface area contributed by atoms with E-state index < -0.39 is 6.10 Å². The number of para-hydroxylation sites is 1. The van der Waals surface area contributed by atoms with Crippen LogP contribution in [0.5, 0.6) is 5.75 Å². The van der Waals surface area contributed by atoms with E-state index in [2.05, 4.69) is 0 Å². The first kappa shape index (κ1) is 18.7. The molecule has 0 bridgehead atoms. The van der Waals surface area contributed by atoms with Crippen molar-refractivity contribution in [2.75, 3.05) is 20.2 Å². The van der Waals surface area contributed by atoms with Crippen molar-refractivity contribution in [1.82, 2.24) is 4.90 Å². The Hall–Kier alpha value is -1.59. The fraction of sp³-hybridized carbons (Fsp3) is 0.368. The molecule has 0 aliphatic carbocycles. The van der Waals surface area contributed by atoms with Gasteiger partial charge in [0.25, 0.3) is 0 Å². The summed E-state index contributed by atoms with van der Waals surface area (Å²) in [6.45, 7) is 3.22. The zero-order chi connectivity index (χ0) is 17.5. The number of likely N-dealkylation sites (N-methyl/N-ethyl adjacent to an activating group) is 1. The van der Waals surface area contributed by atoms with Crippen molar-refractivity contribution in [2.45, 2.75) is 25.7 Å². The van der Waals surface area contributed by atoms with Gasteiger partial charge in [-0.2, -0.15) is 0 Å². The van der Waals surface area contributed by atoms with Crippen LogP contribution in [0.25, 0.3) is 0 Å². The van der Waals surface area contributed by atoms with Gasteiger partial charge in [0.2, 0.25) is 0 Å². The number of phenolic OH excluding ortho intramolecular Hbond substituents is 1. The van der Waals surface area contributed by atoms with Crippen molar-refractivity contribution in [3.8, 4) is 5.75 Å². The Labute approximate surface area is 148 Å². The first-order chi connectivity index (χ1) is 11.5. The number of nitrogens with zero attached hydrogens (tertiary/aromatic N) is 1. The Morgan fingerprint density at radius 3 is 2.46 bits per heavy atom. The number of hydrogen-bond donors (Lipinski definition) is 2. The summed E-state index contributed by atoms with van der Waals surface area (Å²) in [6, 6.07) is 14.7. The Balaban J connectivity index is 1.77. The highest BCUT2D eigenvalue weighted by Gasteiger charge is 2.13. The lowest BCUT2D eigenvalue weighted by molar-refractivity contribution is -0.0138. The van der Waals surface area contributed by atoms with Crippen LogP contribution in [0.15, 0.2) is 48.5 Å². The van der Waals surface area contributed by atoms with Crippen LogP contribution in [0, 0.1) is 0 Å². The molecule has 0 amide bonds. The lowest BCUT2D eigenvalue weighted by Gasteiger charge is -2.22. The third-order valence-electron chi connectivity index (χ3n) is 3.83. The van der Waals surface area contributed by atoms with Gasteiger partial charge in [0, 0.05) is 23.7 Å². The molecule has 2 N–H and O–H groups in total. The molecule has 2 unspecified atom stereocenters. The first-order valence-corrected chi connectivity index (χ1v) is 8.34. The average Bonchev–Trinajstić information content (AvgIpc) is 2.55. The maximum absolute atomic E-state index is 10.2. The zero-order valence-corrected chi connectivity index (χ0v) is 14.8. The summed E-state index contributed by atoms with van der Waals surface area (Å²) in [6.07, 6.45) is -0.712. The van der Waals surface area contributed by atoms with Crippen molar-refractivity contribution < 1.29 is 14.9 Å². The van der Waals surface area contributed by atoms with E-state index in [1.807, 2.05) is 55.3 Å². The van der Waals surface area contributed by atoms with Gasteiger partial charge >= 0.3 is 0 Å². The number of hydrogen-bond acceptors (Lipinski definition) is 4. The molecular formula is C19H24ClNO3. The number of ether oxygens (including phenoxy) is 1. The molecule has 2 aromatic carbocycles. The van der Waals surface area contributed by atoms with E-state index in [4.69, 9.17) is 16.3 Å². The largest absolute Gasteiger partial charge is 0.508 e. The molecule has 5 heteroatoms. The van der Waals surface area contributed by atoms with Crippen molar-refractivity contribution >= 4 is 11.6 Å². The maximum atomic E-state index is 10.2. The number of phenols is 1. The third-order valence-corrected chi connectivity index (χ3v) is 4.08. The highest BCUT2D eigenvalue weighted by atomic mass is 35.5. The number of aliphatic hydroxyl groups is 1. The van der Waals surface area contributed by atoms with E-state index in [0.29, 0.717) is 18.1 Å². The summed E-state index contributed by atoms with van der Waals surface area (Å²) in [5, 5.41) is 20.6. The average molecular weight is 350 g/mol. The van der Waals surface area contributed by atoms with Crippen molar-refractivity contribution in [1.29, 1.82) is 0 Å². The van der Waals surface area contributed by atoms with Gasteiger partial charge in [-0.3, -0.25) is 4.90 Å². The van der Waals surface area contributed by atoms with Crippen LogP contribution >= 0.6 is 11.6 Å². The summed E-state index contributed by atoms with van der Waals surface area (Å²) in [4.78, 5) is 1.95. The van der Waals surface area contributed by atoms with Crippen LogP contribution in [0.3, 0.4) is 0 Å². The predicted octanol–water partition coefficient (Wildman–Crippen LogP) is 3.62. The molecular weight excluding hydrogens is 326 g/mol. The SMILES string of the molecule is CC(OCC(O)CN(C)Cc1ccccc1O)c1ccc(Cl)cc1. The van der Waals surface area contributed by atoms with Crippen LogP contribution < -0.4 is 0 Å². The highest BCUT2D eigenvalue weighted by Crippen LogP contribution is 2.20. The van der Waals surface area contributed by atoms with Gasteiger partial charge in [-0.25, -0.2) is 0 Å². The maximum Gasteiger partial charge on any atom is 0.120 e. The molecule has 130 valence electrons. The molecule has 0 aromatic heterocycles. The van der Waals surface area contributed by atoms with Crippen LogP contribution in [0.2, 0.25) is 5.02 Å². The molecule has 0 radical (unpaired) electrons. The summed E-state index contributed by atoms with van der Waals surface area (Å²) in [5.74, 6) is 0.270. The van der Waals surface area contributed by atoms with Gasteiger partial charge in [-0.05, 0) is 37.7 Å². The van der Waals surface area contributed by atoms with E-state index in [1.54, 1.807) is 12.1 Å². The number of halogens is 1. The minimum absolute atomic E-state index is 0.111. The van der Waals surface area contributed by atoms with E-state index in [1.165, 1.54) is 0 Å². The number of aliphatic hydroxyl groups excluding tert-OH is 1. The van der Waals surface area contributed by atoms with E-state index >= 15 is 0 Å². The third kappa shape index (κ3) is 5.80. The molecule has 0 spiro atoms. The monoisotopic (exact) mass is 349 g/mol. The molecule has 0 saturated carbocycles. The molecule has 0 fully saturated rings. The van der Waals surface area contributed by atoms with Gasteiger partial charge in [0.1, 0.15) is 5.75 Å². The van der Waals surface area contributed by atoms with Gasteiger partial charge in [0.05, 0.1) is 18.8 Å². The van der Waals surface area contributed by atoms with Crippen LogP contribution in [0.4, 0.5) is 0 Å². The molecule has 24 heavy (non-hydrogen) atoms. The summed E-state index contributed by atoms with van der Waals surface area (Å²) in [7, 11) is 1.90. The van der Waals surface area contributed by atoms with Gasteiger partial charge in [-0.1, -0.05) is 41.9 Å². The fourth-order valence-electron chi connectivity index (χ4n) is 2.50. The zero-order valence-electron chi connectivity index (χ0n) is 14.0. The molecule has 4 nitrogen and oxygen atoms in total. The standard InChI is InChI=1S/C19H24ClNO3/c1-14(15-7-9-17(20)10-8-15)24-13-18(22)12-21(2)11-16-5-3-4-6-19(16)23/h3-10,14,18,22-23H,11-13H2,1-2H3. The Morgan fingerprint density at radius 1 is 1.12 bits per heavy atom. The normalized spacial score (nSPS) is 13.9. The summed E-state index contributed by atoms with van der Waals surface area (Å²) >= 11 is 5.87. The van der Waals surface area contributed by atoms with Crippen molar-refractivity contribution in [3.05, 3.63) is 64.7 Å². The highest BCUT2D eigenvalue weighted by molar-refractivity contribution is 6.30. The fourth-order valence-corrected chi connectivity index (χ4v) is 2.62. The van der Waals surface area contributed by atoms with E-state index in [9.17, 15) is 10.2 Å².